The zero-order valence-electron chi connectivity index (χ0n) is 12.1. The second-order valence-corrected chi connectivity index (χ2v) is 5.43. The van der Waals surface area contributed by atoms with Crippen LogP contribution in [0.4, 0.5) is 5.82 Å². The number of aliphatic hydroxyl groups is 3. The van der Waals surface area contributed by atoms with Crippen molar-refractivity contribution < 1.29 is 20.1 Å². The van der Waals surface area contributed by atoms with Gasteiger partial charge >= 0.3 is 0 Å². The second-order valence-electron chi connectivity index (χ2n) is 5.43. The van der Waals surface area contributed by atoms with Crippen LogP contribution in [0.1, 0.15) is 11.9 Å². The van der Waals surface area contributed by atoms with Gasteiger partial charge in [0.15, 0.2) is 23.5 Å². The predicted molar refractivity (Wildman–Crippen MR) is 77.5 cm³/mol. The fraction of sp³-hybridized carbons (Fsp3) is 0.500. The minimum Gasteiger partial charge on any atom is -0.394 e. The summed E-state index contributed by atoms with van der Waals surface area (Å²) in [5.74, 6) is 0.711. The molecule has 0 amide bonds. The number of hydrazone groups is 1. The zero-order valence-corrected chi connectivity index (χ0v) is 12.1. The van der Waals surface area contributed by atoms with Crippen molar-refractivity contribution in [2.24, 2.45) is 10.8 Å². The lowest BCUT2D eigenvalue weighted by Gasteiger charge is -2.17. The minimum atomic E-state index is -1.27. The van der Waals surface area contributed by atoms with Crippen LogP contribution in [-0.2, 0) is 4.74 Å². The molecule has 1 saturated heterocycles. The Kier molecular flexibility index (Phi) is 2.99. The van der Waals surface area contributed by atoms with Gasteiger partial charge in [0.2, 0.25) is 0 Å². The van der Waals surface area contributed by atoms with Gasteiger partial charge in [0.05, 0.1) is 12.0 Å². The Labute approximate surface area is 129 Å². The van der Waals surface area contributed by atoms with E-state index in [0.717, 1.165) is 0 Å². The molecule has 4 atom stereocenters. The normalized spacial score (nSPS) is 30.1. The molecule has 122 valence electrons. The first-order valence-corrected chi connectivity index (χ1v) is 6.96. The molecular formula is C12H15N7O4. The van der Waals surface area contributed by atoms with Crippen molar-refractivity contribution in [1.82, 2.24) is 19.7 Å². The van der Waals surface area contributed by atoms with Crippen molar-refractivity contribution in [3.63, 3.8) is 0 Å². The molecule has 2 aliphatic heterocycles. The number of aliphatic hydroxyl groups excluding tert-OH is 3. The van der Waals surface area contributed by atoms with Crippen LogP contribution in [0.3, 0.4) is 0 Å². The van der Waals surface area contributed by atoms with Crippen molar-refractivity contribution in [1.29, 1.82) is 0 Å². The Hall–Kier alpha value is -2.34. The fourth-order valence-corrected chi connectivity index (χ4v) is 2.90. The third kappa shape index (κ3) is 1.84. The van der Waals surface area contributed by atoms with Crippen molar-refractivity contribution in [2.75, 3.05) is 18.7 Å². The van der Waals surface area contributed by atoms with Crippen molar-refractivity contribution >= 4 is 22.7 Å². The summed E-state index contributed by atoms with van der Waals surface area (Å²) in [6.45, 7) is -0.423. The van der Waals surface area contributed by atoms with Gasteiger partial charge < -0.3 is 25.8 Å². The number of aromatic nitrogens is 4. The molecule has 1 fully saturated rings. The Morgan fingerprint density at radius 2 is 2.09 bits per heavy atom. The summed E-state index contributed by atoms with van der Waals surface area (Å²) < 4.78 is 6.84. The van der Waals surface area contributed by atoms with Gasteiger partial charge in [0.1, 0.15) is 30.3 Å². The molecule has 5 N–H and O–H groups in total. The summed E-state index contributed by atoms with van der Waals surface area (Å²) in [6, 6.07) is 0. The van der Waals surface area contributed by atoms with Gasteiger partial charge in [0.25, 0.3) is 0 Å². The Bertz CT molecular complexity index is 806. The maximum atomic E-state index is 10.2. The standard InChI is InChI=1S/C12H15N7O4/c1-18-10-5-6(9(13)17-18)16-19(11(5)15-3-14-10)12-8(22)7(21)4(2-20)23-12/h3-4,7-8,12,20-22H,2H2,1H3,(H2,13,17)/t4-,7-,8+,12-/m1/s1. The molecule has 4 heterocycles. The van der Waals surface area contributed by atoms with Crippen LogP contribution < -0.4 is 10.7 Å². The third-order valence-electron chi connectivity index (χ3n) is 4.03. The summed E-state index contributed by atoms with van der Waals surface area (Å²) in [6.07, 6.45) is -3.06. The van der Waals surface area contributed by atoms with E-state index in [1.54, 1.807) is 7.05 Å². The topological polar surface area (TPSA) is 155 Å². The maximum absolute atomic E-state index is 10.2. The predicted octanol–water partition coefficient (Wildman–Crippen LogP) is -2.49. The van der Waals surface area contributed by atoms with E-state index < -0.39 is 31.1 Å². The van der Waals surface area contributed by atoms with Crippen LogP contribution in [0.5, 0.6) is 0 Å². The van der Waals surface area contributed by atoms with E-state index in [0.29, 0.717) is 22.5 Å². The molecule has 23 heavy (non-hydrogen) atoms. The first kappa shape index (κ1) is 14.3. The molecule has 2 aliphatic rings. The van der Waals surface area contributed by atoms with Crippen LogP contribution in [0.25, 0.3) is 11.0 Å². The van der Waals surface area contributed by atoms with E-state index >= 15 is 0 Å². The number of ether oxygens (including phenoxy) is 1. The second kappa shape index (κ2) is 4.83. The summed E-state index contributed by atoms with van der Waals surface area (Å²) in [4.78, 5) is 8.35. The van der Waals surface area contributed by atoms with E-state index in [-0.39, 0.29) is 5.84 Å². The highest BCUT2D eigenvalue weighted by molar-refractivity contribution is 6.12. The highest BCUT2D eigenvalue weighted by Gasteiger charge is 2.45. The van der Waals surface area contributed by atoms with Gasteiger partial charge in [-0.05, 0) is 0 Å². The van der Waals surface area contributed by atoms with Crippen LogP contribution >= 0.6 is 0 Å². The molecule has 0 saturated carbocycles. The van der Waals surface area contributed by atoms with Gasteiger partial charge in [-0.3, -0.25) is 0 Å². The lowest BCUT2D eigenvalue weighted by Crippen LogP contribution is -2.33. The number of nitrogens with two attached hydrogens (primary N) is 1. The lowest BCUT2D eigenvalue weighted by atomic mass is 10.1. The van der Waals surface area contributed by atoms with Gasteiger partial charge in [-0.25, -0.2) is 19.7 Å². The van der Waals surface area contributed by atoms with Crippen molar-refractivity contribution in [3.8, 4) is 0 Å². The van der Waals surface area contributed by atoms with E-state index in [4.69, 9.17) is 10.5 Å². The van der Waals surface area contributed by atoms with Crippen molar-refractivity contribution in [2.45, 2.75) is 24.5 Å². The number of nitrogens with zero attached hydrogens (tertiary/aromatic N) is 6. The monoisotopic (exact) mass is 321 g/mol. The van der Waals surface area contributed by atoms with E-state index in [1.807, 2.05) is 0 Å². The van der Waals surface area contributed by atoms with Crippen molar-refractivity contribution in [3.05, 3.63) is 12.0 Å². The van der Waals surface area contributed by atoms with Crippen LogP contribution in [0, 0.1) is 0 Å². The van der Waals surface area contributed by atoms with Gasteiger partial charge in [0, 0.05) is 7.05 Å². The van der Waals surface area contributed by atoms with Crippen LogP contribution in [0.15, 0.2) is 11.4 Å². The average Bonchev–Trinajstić information content (AvgIpc) is 3.05. The first-order chi connectivity index (χ1) is 11.0. The highest BCUT2D eigenvalue weighted by atomic mass is 16.6. The van der Waals surface area contributed by atoms with E-state index in [9.17, 15) is 15.3 Å². The summed E-state index contributed by atoms with van der Waals surface area (Å²) >= 11 is 0. The average molecular weight is 321 g/mol. The molecule has 11 heteroatoms. The van der Waals surface area contributed by atoms with Gasteiger partial charge in [-0.15, -0.1) is 0 Å². The lowest BCUT2D eigenvalue weighted by molar-refractivity contribution is -0.0566. The molecule has 0 aliphatic carbocycles. The van der Waals surface area contributed by atoms with E-state index in [1.165, 1.54) is 16.0 Å². The van der Waals surface area contributed by atoms with E-state index in [2.05, 4.69) is 20.2 Å². The Balaban J connectivity index is 1.89. The number of amidine groups is 1. The number of rotatable bonds is 2. The first-order valence-electron chi connectivity index (χ1n) is 6.96. The molecule has 0 aromatic carbocycles. The number of anilines is 1. The van der Waals surface area contributed by atoms with Crippen LogP contribution in [0.2, 0.25) is 0 Å². The summed E-state index contributed by atoms with van der Waals surface area (Å²) in [5.41, 5.74) is 6.68. The molecule has 4 rings (SSSR count). The molecule has 2 aromatic rings. The maximum Gasteiger partial charge on any atom is 0.181 e. The SMILES string of the molecule is CN1N=C(N)c2nn([C@@H]3O[C@H](CO)[C@@H](O)[C@@H]3O)c3ncnc1c23. The molecule has 0 radical (unpaired) electrons. The Morgan fingerprint density at radius 3 is 2.78 bits per heavy atom. The highest BCUT2D eigenvalue weighted by Crippen LogP contribution is 2.35. The molecular weight excluding hydrogens is 306 g/mol. The zero-order chi connectivity index (χ0) is 16.3. The van der Waals surface area contributed by atoms with Gasteiger partial charge in [-0.1, -0.05) is 0 Å². The van der Waals surface area contributed by atoms with Gasteiger partial charge in [-0.2, -0.15) is 10.2 Å². The molecule has 0 bridgehead atoms. The summed E-state index contributed by atoms with van der Waals surface area (Å²) in [7, 11) is 1.70. The number of hydrogen-bond donors (Lipinski definition) is 4. The quantitative estimate of drug-likeness (QED) is 0.470. The molecule has 11 nitrogen and oxygen atoms in total. The van der Waals surface area contributed by atoms with Crippen LogP contribution in [-0.4, -0.2) is 72.9 Å². The molecule has 0 unspecified atom stereocenters. The largest absolute Gasteiger partial charge is 0.394 e. The minimum absolute atomic E-state index is 0.185. The fourth-order valence-electron chi connectivity index (χ4n) is 2.90. The molecule has 0 spiro atoms. The smallest absolute Gasteiger partial charge is 0.181 e. The molecule has 2 aromatic heterocycles. The Morgan fingerprint density at radius 1 is 1.30 bits per heavy atom. The summed E-state index contributed by atoms with van der Waals surface area (Å²) in [5, 5.41) is 39.9. The third-order valence-corrected chi connectivity index (χ3v) is 4.03. The number of hydrogen-bond acceptors (Lipinski definition) is 10.